The maximum Gasteiger partial charge on any atom is 0.278 e. The van der Waals surface area contributed by atoms with E-state index in [1.54, 1.807) is 4.90 Å². The second-order valence-electron chi connectivity index (χ2n) is 7.32. The number of amides is 1. The molecule has 25 heavy (non-hydrogen) atoms. The van der Waals surface area contributed by atoms with E-state index in [-0.39, 0.29) is 5.91 Å². The van der Waals surface area contributed by atoms with Crippen LogP contribution in [-0.2, 0) is 4.79 Å². The summed E-state index contributed by atoms with van der Waals surface area (Å²) in [4.78, 5) is 21.4. The van der Waals surface area contributed by atoms with Crippen LogP contribution in [0.25, 0.3) is 0 Å². The van der Waals surface area contributed by atoms with Crippen LogP contribution in [0.3, 0.4) is 0 Å². The standard InChI is InChI=1S/C19H27N5O/c1-22(19(16-20)8-4-2-5-9-19)18(25)15-23-11-13-24(14-12-23)17-7-3-6-10-21-17/h3,6-7,10H,2,4-5,8-9,11-15H2,1H3/p+2. The highest BCUT2D eigenvalue weighted by Gasteiger charge is 2.40. The topological polar surface area (TPSA) is 65.9 Å². The van der Waals surface area contributed by atoms with Crippen LogP contribution in [0.15, 0.2) is 24.4 Å². The van der Waals surface area contributed by atoms with E-state index >= 15 is 0 Å². The minimum Gasteiger partial charge on any atom is -0.322 e. The summed E-state index contributed by atoms with van der Waals surface area (Å²) in [5.74, 6) is 1.24. The number of carbonyl (C=O) groups is 1. The van der Waals surface area contributed by atoms with Crippen molar-refractivity contribution in [2.24, 2.45) is 0 Å². The third-order valence-corrected chi connectivity index (χ3v) is 5.81. The number of aromatic nitrogens is 1. The average molecular weight is 343 g/mol. The predicted molar refractivity (Wildman–Crippen MR) is 95.0 cm³/mol. The fourth-order valence-corrected chi connectivity index (χ4v) is 4.05. The Morgan fingerprint density at radius 1 is 1.32 bits per heavy atom. The molecule has 1 aromatic heterocycles. The van der Waals surface area contributed by atoms with Crippen molar-refractivity contribution < 1.29 is 14.7 Å². The quantitative estimate of drug-likeness (QED) is 0.830. The number of rotatable bonds is 4. The van der Waals surface area contributed by atoms with E-state index in [0.29, 0.717) is 6.54 Å². The smallest absolute Gasteiger partial charge is 0.278 e. The molecule has 6 nitrogen and oxygen atoms in total. The fraction of sp³-hybridized carbons (Fsp3) is 0.632. The van der Waals surface area contributed by atoms with Gasteiger partial charge in [0.2, 0.25) is 0 Å². The molecule has 2 fully saturated rings. The van der Waals surface area contributed by atoms with Crippen molar-refractivity contribution >= 4 is 11.7 Å². The van der Waals surface area contributed by atoms with Crippen molar-refractivity contribution in [1.29, 1.82) is 5.26 Å². The molecule has 1 amide bonds. The molecule has 1 aliphatic carbocycles. The van der Waals surface area contributed by atoms with Gasteiger partial charge in [-0.25, -0.2) is 4.98 Å². The van der Waals surface area contributed by atoms with Crippen molar-refractivity contribution in [3.8, 4) is 6.07 Å². The van der Waals surface area contributed by atoms with Gasteiger partial charge in [-0.05, 0) is 18.9 Å². The zero-order chi connectivity index (χ0) is 17.7. The number of likely N-dealkylation sites (N-methyl/N-ethyl adjacent to an activating group) is 1. The number of anilines is 1. The highest BCUT2D eigenvalue weighted by atomic mass is 16.2. The third-order valence-electron chi connectivity index (χ3n) is 5.81. The molecule has 1 aromatic rings. The van der Waals surface area contributed by atoms with Crippen LogP contribution in [0.5, 0.6) is 0 Å². The first kappa shape index (κ1) is 17.7. The summed E-state index contributed by atoms with van der Waals surface area (Å²) >= 11 is 0. The Morgan fingerprint density at radius 2 is 2.04 bits per heavy atom. The van der Waals surface area contributed by atoms with Crippen LogP contribution in [0.1, 0.15) is 32.1 Å². The SMILES string of the molecule is CN(C(=O)C[NH+]1CCN(c2cccc[nH+]2)CC1)C1(C#N)CCCCC1. The first-order chi connectivity index (χ1) is 12.1. The van der Waals surface area contributed by atoms with Gasteiger partial charge in [-0.3, -0.25) is 9.69 Å². The molecule has 6 heteroatoms. The molecule has 1 aliphatic heterocycles. The summed E-state index contributed by atoms with van der Waals surface area (Å²) < 4.78 is 0. The first-order valence-electron chi connectivity index (χ1n) is 9.38. The van der Waals surface area contributed by atoms with Gasteiger partial charge in [0.15, 0.2) is 6.54 Å². The molecule has 2 heterocycles. The van der Waals surface area contributed by atoms with Crippen LogP contribution in [-0.4, -0.2) is 56.1 Å². The average Bonchev–Trinajstić information content (AvgIpc) is 2.69. The zero-order valence-corrected chi connectivity index (χ0v) is 15.1. The van der Waals surface area contributed by atoms with Crippen molar-refractivity contribution in [1.82, 2.24) is 4.90 Å². The number of piperazine rings is 1. The van der Waals surface area contributed by atoms with E-state index in [0.717, 1.165) is 57.7 Å². The normalized spacial score (nSPS) is 20.7. The van der Waals surface area contributed by atoms with E-state index in [4.69, 9.17) is 0 Å². The molecule has 134 valence electrons. The predicted octanol–water partition coefficient (Wildman–Crippen LogP) is -0.110. The number of pyridine rings is 1. The van der Waals surface area contributed by atoms with Gasteiger partial charge in [0.25, 0.3) is 11.7 Å². The molecule has 0 bridgehead atoms. The molecule has 2 N–H and O–H groups in total. The summed E-state index contributed by atoms with van der Waals surface area (Å²) in [5.41, 5.74) is -0.574. The lowest BCUT2D eigenvalue weighted by Crippen LogP contribution is -3.16. The van der Waals surface area contributed by atoms with Crippen molar-refractivity contribution in [3.05, 3.63) is 24.4 Å². The third kappa shape index (κ3) is 3.93. The van der Waals surface area contributed by atoms with Gasteiger partial charge in [0.1, 0.15) is 31.7 Å². The Hall–Kier alpha value is -2.13. The van der Waals surface area contributed by atoms with Crippen LogP contribution in [0.4, 0.5) is 5.82 Å². The first-order valence-corrected chi connectivity index (χ1v) is 9.38. The van der Waals surface area contributed by atoms with Gasteiger partial charge in [-0.2, -0.15) is 5.26 Å². The van der Waals surface area contributed by atoms with Gasteiger partial charge < -0.3 is 9.80 Å². The Labute approximate surface area is 150 Å². The fourth-order valence-electron chi connectivity index (χ4n) is 4.05. The molecule has 2 aliphatic rings. The largest absolute Gasteiger partial charge is 0.322 e. The molecule has 0 aromatic carbocycles. The molecular formula is C19H29N5O+2. The lowest BCUT2D eigenvalue weighted by Gasteiger charge is -2.39. The monoisotopic (exact) mass is 343 g/mol. The molecule has 0 radical (unpaired) electrons. The van der Waals surface area contributed by atoms with E-state index in [9.17, 15) is 10.1 Å². The van der Waals surface area contributed by atoms with Gasteiger partial charge in [0.05, 0.1) is 12.3 Å². The van der Waals surface area contributed by atoms with Gasteiger partial charge in [-0.1, -0.05) is 25.3 Å². The van der Waals surface area contributed by atoms with Gasteiger partial charge in [0, 0.05) is 13.1 Å². The highest BCUT2D eigenvalue weighted by molar-refractivity contribution is 5.78. The van der Waals surface area contributed by atoms with E-state index < -0.39 is 5.54 Å². The van der Waals surface area contributed by atoms with E-state index in [2.05, 4.69) is 22.0 Å². The molecule has 1 saturated heterocycles. The molecule has 0 spiro atoms. The highest BCUT2D eigenvalue weighted by Crippen LogP contribution is 2.32. The number of hydrogen-bond donors (Lipinski definition) is 1. The summed E-state index contributed by atoms with van der Waals surface area (Å²) in [7, 11) is 1.82. The van der Waals surface area contributed by atoms with Gasteiger partial charge >= 0.3 is 0 Å². The number of aromatic amines is 1. The second-order valence-corrected chi connectivity index (χ2v) is 7.32. The van der Waals surface area contributed by atoms with Crippen LogP contribution in [0, 0.1) is 11.3 Å². The molecular weight excluding hydrogens is 314 g/mol. The molecule has 0 unspecified atom stereocenters. The number of quaternary nitrogens is 1. The lowest BCUT2D eigenvalue weighted by molar-refractivity contribution is -0.892. The van der Waals surface area contributed by atoms with Gasteiger partial charge in [-0.15, -0.1) is 0 Å². The van der Waals surface area contributed by atoms with Crippen molar-refractivity contribution in [3.63, 3.8) is 0 Å². The van der Waals surface area contributed by atoms with Crippen LogP contribution < -0.4 is 14.8 Å². The minimum absolute atomic E-state index is 0.109. The molecule has 0 atom stereocenters. The van der Waals surface area contributed by atoms with Crippen LogP contribution >= 0.6 is 0 Å². The maximum atomic E-state index is 12.8. The number of nitrogens with one attached hydrogen (secondary N) is 2. The second kappa shape index (κ2) is 7.83. The number of hydrogen-bond acceptors (Lipinski definition) is 3. The molecule has 1 saturated carbocycles. The number of carbonyl (C=O) groups excluding carboxylic acids is 1. The Morgan fingerprint density at radius 3 is 2.64 bits per heavy atom. The summed E-state index contributed by atoms with van der Waals surface area (Å²) in [6, 6.07) is 8.55. The summed E-state index contributed by atoms with van der Waals surface area (Å²) in [6.07, 6.45) is 6.85. The number of H-pyrrole nitrogens is 1. The molecule has 3 rings (SSSR count). The Kier molecular flexibility index (Phi) is 5.54. The summed E-state index contributed by atoms with van der Waals surface area (Å²) in [6.45, 7) is 4.27. The van der Waals surface area contributed by atoms with Crippen molar-refractivity contribution in [2.75, 3.05) is 44.7 Å². The maximum absolute atomic E-state index is 12.8. The summed E-state index contributed by atoms with van der Waals surface area (Å²) in [5, 5.41) is 9.67. The zero-order valence-electron chi connectivity index (χ0n) is 15.1. The van der Waals surface area contributed by atoms with E-state index in [1.807, 2.05) is 25.4 Å². The lowest BCUT2D eigenvalue weighted by atomic mass is 9.81. The Bertz CT molecular complexity index is 612. The van der Waals surface area contributed by atoms with Crippen LogP contribution in [0.2, 0.25) is 0 Å². The Balaban J connectivity index is 1.53. The minimum atomic E-state index is -0.574. The van der Waals surface area contributed by atoms with Crippen molar-refractivity contribution in [2.45, 2.75) is 37.6 Å². The van der Waals surface area contributed by atoms with E-state index in [1.165, 1.54) is 11.3 Å². The number of nitrogens with zero attached hydrogens (tertiary/aromatic N) is 3. The number of nitriles is 1.